The van der Waals surface area contributed by atoms with E-state index in [1.165, 1.54) is 0 Å². The Bertz CT molecular complexity index is 852. The Morgan fingerprint density at radius 3 is 2.52 bits per heavy atom. The van der Waals surface area contributed by atoms with Crippen LogP contribution in [0.1, 0.15) is 33.2 Å². The van der Waals surface area contributed by atoms with Crippen LogP contribution in [-0.2, 0) is 6.42 Å². The van der Waals surface area contributed by atoms with Gasteiger partial charge in [0.2, 0.25) is 0 Å². The molecule has 3 rings (SSSR count). The minimum atomic E-state index is -0.404. The standard InChI is InChI=1S/C17H16N4O2/c1-2-11-6-8-12(9-7-11)16(22)20-21-17(23)14-5-3-4-13-10-18-19-15(13)14/h3-10H,2H2,1H3,(H,18,19)(H,20,22)(H,21,23). The van der Waals surface area contributed by atoms with Crippen molar-refractivity contribution in [2.24, 2.45) is 0 Å². The van der Waals surface area contributed by atoms with Gasteiger partial charge in [0.15, 0.2) is 0 Å². The molecule has 1 heterocycles. The van der Waals surface area contributed by atoms with E-state index >= 15 is 0 Å². The first-order valence-electron chi connectivity index (χ1n) is 7.30. The van der Waals surface area contributed by atoms with Gasteiger partial charge in [-0.15, -0.1) is 0 Å². The molecule has 3 N–H and O–H groups in total. The van der Waals surface area contributed by atoms with Gasteiger partial charge in [-0.2, -0.15) is 5.10 Å². The van der Waals surface area contributed by atoms with Crippen molar-refractivity contribution in [1.82, 2.24) is 21.0 Å². The zero-order valence-electron chi connectivity index (χ0n) is 12.6. The summed E-state index contributed by atoms with van der Waals surface area (Å²) in [5, 5.41) is 7.52. The zero-order valence-corrected chi connectivity index (χ0v) is 12.6. The lowest BCUT2D eigenvalue weighted by Gasteiger charge is -2.08. The van der Waals surface area contributed by atoms with E-state index in [0.29, 0.717) is 16.6 Å². The molecule has 0 bridgehead atoms. The largest absolute Gasteiger partial charge is 0.277 e. The van der Waals surface area contributed by atoms with Gasteiger partial charge in [-0.05, 0) is 30.2 Å². The lowest BCUT2D eigenvalue weighted by atomic mass is 10.1. The summed E-state index contributed by atoms with van der Waals surface area (Å²) in [6, 6.07) is 12.5. The third-order valence-corrected chi connectivity index (χ3v) is 3.64. The number of aryl methyl sites for hydroxylation is 1. The molecule has 0 aliphatic heterocycles. The van der Waals surface area contributed by atoms with E-state index in [9.17, 15) is 9.59 Å². The van der Waals surface area contributed by atoms with Crippen molar-refractivity contribution in [3.63, 3.8) is 0 Å². The molecule has 6 heteroatoms. The van der Waals surface area contributed by atoms with Crippen LogP contribution in [0.25, 0.3) is 10.9 Å². The Morgan fingerprint density at radius 2 is 1.78 bits per heavy atom. The van der Waals surface area contributed by atoms with Crippen LogP contribution in [0.4, 0.5) is 0 Å². The van der Waals surface area contributed by atoms with E-state index in [1.807, 2.05) is 25.1 Å². The quantitative estimate of drug-likeness (QED) is 0.648. The second-order valence-corrected chi connectivity index (χ2v) is 5.10. The van der Waals surface area contributed by atoms with Crippen LogP contribution in [0.3, 0.4) is 0 Å². The molecular weight excluding hydrogens is 292 g/mol. The van der Waals surface area contributed by atoms with Crippen LogP contribution in [-0.4, -0.2) is 22.0 Å². The number of aromatic amines is 1. The maximum Gasteiger partial charge on any atom is 0.271 e. The number of rotatable bonds is 3. The predicted molar refractivity (Wildman–Crippen MR) is 86.8 cm³/mol. The molecule has 116 valence electrons. The summed E-state index contributed by atoms with van der Waals surface area (Å²) in [7, 11) is 0. The van der Waals surface area contributed by atoms with Crippen LogP contribution < -0.4 is 10.9 Å². The van der Waals surface area contributed by atoms with Crippen molar-refractivity contribution in [2.75, 3.05) is 0 Å². The molecular formula is C17H16N4O2. The van der Waals surface area contributed by atoms with Gasteiger partial charge in [-0.25, -0.2) is 0 Å². The molecule has 0 fully saturated rings. The monoisotopic (exact) mass is 308 g/mol. The van der Waals surface area contributed by atoms with E-state index in [2.05, 4.69) is 21.0 Å². The molecule has 0 aliphatic carbocycles. The third-order valence-electron chi connectivity index (χ3n) is 3.64. The maximum absolute atomic E-state index is 12.2. The van der Waals surface area contributed by atoms with Gasteiger partial charge in [0, 0.05) is 10.9 Å². The Hall–Kier alpha value is -3.15. The summed E-state index contributed by atoms with van der Waals surface area (Å²) < 4.78 is 0. The minimum Gasteiger partial charge on any atom is -0.277 e. The fraction of sp³-hybridized carbons (Fsp3) is 0.118. The van der Waals surface area contributed by atoms with Gasteiger partial charge in [-0.3, -0.25) is 25.5 Å². The number of carbonyl (C=O) groups excluding carboxylic acids is 2. The van der Waals surface area contributed by atoms with E-state index in [1.54, 1.807) is 30.5 Å². The lowest BCUT2D eigenvalue weighted by molar-refractivity contribution is 0.0847. The Balaban J connectivity index is 1.68. The average molecular weight is 308 g/mol. The first-order chi connectivity index (χ1) is 11.2. The number of nitrogens with one attached hydrogen (secondary N) is 3. The van der Waals surface area contributed by atoms with Crippen molar-refractivity contribution >= 4 is 22.7 Å². The summed E-state index contributed by atoms with van der Waals surface area (Å²) in [5.74, 6) is -0.767. The van der Waals surface area contributed by atoms with Gasteiger partial charge in [0.1, 0.15) is 0 Å². The summed E-state index contributed by atoms with van der Waals surface area (Å²) in [6.45, 7) is 2.05. The molecule has 0 saturated heterocycles. The lowest BCUT2D eigenvalue weighted by Crippen LogP contribution is -2.41. The van der Waals surface area contributed by atoms with E-state index in [4.69, 9.17) is 0 Å². The minimum absolute atomic E-state index is 0.363. The van der Waals surface area contributed by atoms with Crippen LogP contribution in [0.15, 0.2) is 48.7 Å². The second-order valence-electron chi connectivity index (χ2n) is 5.10. The molecule has 6 nitrogen and oxygen atoms in total. The number of nitrogens with zero attached hydrogens (tertiary/aromatic N) is 1. The average Bonchev–Trinajstić information content (AvgIpc) is 3.08. The van der Waals surface area contributed by atoms with Crippen molar-refractivity contribution in [3.8, 4) is 0 Å². The smallest absolute Gasteiger partial charge is 0.271 e. The number of fused-ring (bicyclic) bond motifs is 1. The molecule has 0 radical (unpaired) electrons. The molecule has 1 aromatic heterocycles. The number of hydrogen-bond acceptors (Lipinski definition) is 3. The van der Waals surface area contributed by atoms with E-state index < -0.39 is 5.91 Å². The molecule has 3 aromatic rings. The highest BCUT2D eigenvalue weighted by molar-refractivity contribution is 6.06. The van der Waals surface area contributed by atoms with Crippen LogP contribution in [0.5, 0.6) is 0 Å². The Morgan fingerprint density at radius 1 is 1.04 bits per heavy atom. The van der Waals surface area contributed by atoms with Gasteiger partial charge in [0.05, 0.1) is 17.3 Å². The number of H-pyrrole nitrogens is 1. The number of aromatic nitrogens is 2. The summed E-state index contributed by atoms with van der Waals surface area (Å²) in [4.78, 5) is 24.3. The SMILES string of the molecule is CCc1ccc(C(=O)NNC(=O)c2cccc3cn[nH]c23)cc1. The topological polar surface area (TPSA) is 86.9 Å². The number of hydrogen-bond donors (Lipinski definition) is 3. The van der Waals surface area contributed by atoms with Crippen LogP contribution in [0, 0.1) is 0 Å². The molecule has 0 atom stereocenters. The first-order valence-corrected chi connectivity index (χ1v) is 7.30. The molecule has 2 amide bonds. The molecule has 0 spiro atoms. The molecule has 2 aromatic carbocycles. The summed E-state index contributed by atoms with van der Waals surface area (Å²) in [6.07, 6.45) is 2.55. The van der Waals surface area contributed by atoms with Gasteiger partial charge >= 0.3 is 0 Å². The van der Waals surface area contributed by atoms with E-state index in [-0.39, 0.29) is 5.91 Å². The van der Waals surface area contributed by atoms with E-state index in [0.717, 1.165) is 17.4 Å². The fourth-order valence-corrected chi connectivity index (χ4v) is 2.30. The van der Waals surface area contributed by atoms with Crippen molar-refractivity contribution < 1.29 is 9.59 Å². The van der Waals surface area contributed by atoms with Gasteiger partial charge in [-0.1, -0.05) is 31.2 Å². The number of carbonyl (C=O) groups is 2. The first kappa shape index (κ1) is 14.8. The number of para-hydroxylation sites is 1. The molecule has 0 unspecified atom stereocenters. The summed E-state index contributed by atoms with van der Waals surface area (Å²) in [5.41, 5.74) is 7.53. The van der Waals surface area contributed by atoms with Crippen molar-refractivity contribution in [2.45, 2.75) is 13.3 Å². The Labute approximate surface area is 132 Å². The maximum atomic E-state index is 12.2. The van der Waals surface area contributed by atoms with Gasteiger partial charge < -0.3 is 0 Å². The molecule has 23 heavy (non-hydrogen) atoms. The second kappa shape index (κ2) is 6.31. The fourth-order valence-electron chi connectivity index (χ4n) is 2.30. The molecule has 0 saturated carbocycles. The predicted octanol–water partition coefficient (Wildman–Crippen LogP) is 2.20. The van der Waals surface area contributed by atoms with Crippen LogP contribution >= 0.6 is 0 Å². The number of amides is 2. The number of benzene rings is 2. The van der Waals surface area contributed by atoms with Crippen molar-refractivity contribution in [1.29, 1.82) is 0 Å². The van der Waals surface area contributed by atoms with Crippen molar-refractivity contribution in [3.05, 3.63) is 65.4 Å². The number of hydrazine groups is 1. The highest BCUT2D eigenvalue weighted by Gasteiger charge is 2.12. The summed E-state index contributed by atoms with van der Waals surface area (Å²) >= 11 is 0. The third kappa shape index (κ3) is 3.06. The normalized spacial score (nSPS) is 10.5. The highest BCUT2D eigenvalue weighted by Crippen LogP contribution is 2.15. The van der Waals surface area contributed by atoms with Gasteiger partial charge in [0.25, 0.3) is 11.8 Å². The molecule has 0 aliphatic rings. The Kier molecular flexibility index (Phi) is 4.05. The van der Waals surface area contributed by atoms with Crippen LogP contribution in [0.2, 0.25) is 0 Å². The zero-order chi connectivity index (χ0) is 16.2. The highest BCUT2D eigenvalue weighted by atomic mass is 16.2.